The van der Waals surface area contributed by atoms with Gasteiger partial charge in [-0.25, -0.2) is 0 Å². The molecule has 2 aromatic rings. The third-order valence-corrected chi connectivity index (χ3v) is 3.91. The molecular weight excluding hydrogens is 338 g/mol. The predicted molar refractivity (Wildman–Crippen MR) is 87.3 cm³/mol. The van der Waals surface area contributed by atoms with E-state index >= 15 is 0 Å². The van der Waals surface area contributed by atoms with E-state index in [0.29, 0.717) is 26.3 Å². The first kappa shape index (κ1) is 14.6. The summed E-state index contributed by atoms with van der Waals surface area (Å²) in [5.41, 5.74) is 7.31. The number of nitrogens with two attached hydrogens (primary N) is 1. The van der Waals surface area contributed by atoms with E-state index in [2.05, 4.69) is 27.0 Å². The van der Waals surface area contributed by atoms with Crippen LogP contribution in [0.3, 0.4) is 0 Å². The maximum atomic E-state index is 9.49. The summed E-state index contributed by atoms with van der Waals surface area (Å²) in [6.07, 6.45) is 1.40. The molecule has 0 saturated heterocycles. The van der Waals surface area contributed by atoms with E-state index in [9.17, 15) is 5.26 Å². The fraction of sp³-hybridized carbons (Fsp3) is 0.0667. The van der Waals surface area contributed by atoms with Crippen molar-refractivity contribution in [2.75, 3.05) is 7.05 Å². The van der Waals surface area contributed by atoms with Gasteiger partial charge in [-0.2, -0.15) is 5.26 Å². The van der Waals surface area contributed by atoms with Crippen LogP contribution in [0.2, 0.25) is 5.02 Å². The Morgan fingerprint density at radius 3 is 2.60 bits per heavy atom. The minimum atomic E-state index is 0.532. The van der Waals surface area contributed by atoms with Crippen molar-refractivity contribution in [2.24, 2.45) is 10.7 Å². The molecule has 5 heteroatoms. The lowest BCUT2D eigenvalue weighted by molar-refractivity contribution is 1.42. The molecule has 0 saturated carbocycles. The van der Waals surface area contributed by atoms with Crippen LogP contribution in [-0.2, 0) is 0 Å². The zero-order valence-corrected chi connectivity index (χ0v) is 13.0. The molecule has 0 spiro atoms. The number of nitriles is 1. The van der Waals surface area contributed by atoms with Gasteiger partial charge in [0, 0.05) is 34.6 Å². The van der Waals surface area contributed by atoms with Gasteiger partial charge in [0.05, 0.1) is 15.8 Å². The van der Waals surface area contributed by atoms with Gasteiger partial charge >= 0.3 is 0 Å². The number of allylic oxidation sites excluding steroid dienone is 1. The molecule has 0 aliphatic heterocycles. The Morgan fingerprint density at radius 1 is 1.40 bits per heavy atom. The highest BCUT2D eigenvalue weighted by molar-refractivity contribution is 9.12. The molecule has 20 heavy (non-hydrogen) atoms. The van der Waals surface area contributed by atoms with Gasteiger partial charge in [0.15, 0.2) is 0 Å². The van der Waals surface area contributed by atoms with Crippen LogP contribution in [0.4, 0.5) is 0 Å². The molecule has 0 aliphatic rings. The summed E-state index contributed by atoms with van der Waals surface area (Å²) in [6.45, 7) is 0. The van der Waals surface area contributed by atoms with Crippen LogP contribution in [0.25, 0.3) is 10.8 Å². The van der Waals surface area contributed by atoms with Gasteiger partial charge < -0.3 is 5.73 Å². The van der Waals surface area contributed by atoms with E-state index < -0.39 is 0 Å². The standard InChI is InChI=1S/C15H11BrClN3/c1-20-15(13(16)8-19)11-6-14(17)10-5-3-2-4-9(10)12(11)7-18/h2-6,8H,19H2,1H3. The van der Waals surface area contributed by atoms with Crippen LogP contribution in [0.15, 0.2) is 46.0 Å². The highest BCUT2D eigenvalue weighted by Gasteiger charge is 2.16. The second kappa shape index (κ2) is 6.08. The van der Waals surface area contributed by atoms with E-state index in [4.69, 9.17) is 17.3 Å². The lowest BCUT2D eigenvalue weighted by Gasteiger charge is -2.11. The van der Waals surface area contributed by atoms with Crippen LogP contribution in [-0.4, -0.2) is 12.8 Å². The molecule has 0 fully saturated rings. The Kier molecular flexibility index (Phi) is 4.43. The fourth-order valence-electron chi connectivity index (χ4n) is 2.07. The summed E-state index contributed by atoms with van der Waals surface area (Å²) in [5, 5.41) is 11.7. The van der Waals surface area contributed by atoms with Crippen LogP contribution < -0.4 is 5.73 Å². The van der Waals surface area contributed by atoms with Crippen molar-refractivity contribution < 1.29 is 0 Å². The quantitative estimate of drug-likeness (QED) is 0.834. The molecule has 0 aliphatic carbocycles. The molecule has 100 valence electrons. The number of hydrogen-bond donors (Lipinski definition) is 1. The monoisotopic (exact) mass is 347 g/mol. The largest absolute Gasteiger partial charge is 0.404 e. The summed E-state index contributed by atoms with van der Waals surface area (Å²) in [4.78, 5) is 4.20. The minimum absolute atomic E-state index is 0.532. The molecule has 2 N–H and O–H groups in total. The van der Waals surface area contributed by atoms with Gasteiger partial charge in [-0.15, -0.1) is 0 Å². The minimum Gasteiger partial charge on any atom is -0.404 e. The van der Waals surface area contributed by atoms with E-state index in [1.54, 1.807) is 13.1 Å². The molecule has 3 nitrogen and oxygen atoms in total. The molecule has 0 unspecified atom stereocenters. The van der Waals surface area contributed by atoms with Gasteiger partial charge in [0.1, 0.15) is 6.07 Å². The highest BCUT2D eigenvalue weighted by Crippen LogP contribution is 2.31. The van der Waals surface area contributed by atoms with Gasteiger partial charge in [0.25, 0.3) is 0 Å². The Labute approximate surface area is 130 Å². The molecule has 0 aromatic heterocycles. The highest BCUT2D eigenvalue weighted by atomic mass is 79.9. The average Bonchev–Trinajstić information content (AvgIpc) is 2.48. The normalized spacial score (nSPS) is 12.5. The lowest BCUT2D eigenvalue weighted by Crippen LogP contribution is -2.06. The molecule has 2 rings (SSSR count). The third kappa shape index (κ3) is 2.43. The first-order chi connectivity index (χ1) is 9.63. The predicted octanol–water partition coefficient (Wildman–Crippen LogP) is 3.98. The van der Waals surface area contributed by atoms with Crippen molar-refractivity contribution >= 4 is 44.0 Å². The number of nitrogens with zero attached hydrogens (tertiary/aromatic N) is 2. The number of hydrogen-bond acceptors (Lipinski definition) is 3. The smallest absolute Gasteiger partial charge is 0.100 e. The number of fused-ring (bicyclic) bond motifs is 1. The van der Waals surface area contributed by atoms with Gasteiger partial charge in [-0.1, -0.05) is 35.9 Å². The lowest BCUT2D eigenvalue weighted by atomic mass is 9.96. The summed E-state index contributed by atoms with van der Waals surface area (Å²) >= 11 is 9.65. The summed E-state index contributed by atoms with van der Waals surface area (Å²) in [6, 6.07) is 11.5. The Bertz CT molecular complexity index is 773. The topological polar surface area (TPSA) is 62.2 Å². The van der Waals surface area contributed by atoms with Crippen molar-refractivity contribution in [3.05, 3.63) is 57.2 Å². The second-order valence-corrected chi connectivity index (χ2v) is 5.29. The van der Waals surface area contributed by atoms with Gasteiger partial charge in [-0.05, 0) is 22.0 Å². The van der Waals surface area contributed by atoms with Crippen molar-refractivity contribution in [1.82, 2.24) is 0 Å². The first-order valence-electron chi connectivity index (χ1n) is 5.80. The number of benzene rings is 2. The van der Waals surface area contributed by atoms with Crippen molar-refractivity contribution in [3.63, 3.8) is 0 Å². The second-order valence-electron chi connectivity index (χ2n) is 4.03. The van der Waals surface area contributed by atoms with Crippen LogP contribution in [0, 0.1) is 11.3 Å². The maximum Gasteiger partial charge on any atom is 0.100 e. The van der Waals surface area contributed by atoms with Gasteiger partial charge in [0.2, 0.25) is 0 Å². The van der Waals surface area contributed by atoms with E-state index in [1.165, 1.54) is 6.20 Å². The average molecular weight is 349 g/mol. The van der Waals surface area contributed by atoms with Crippen molar-refractivity contribution in [3.8, 4) is 6.07 Å². The zero-order chi connectivity index (χ0) is 14.7. The fourth-order valence-corrected chi connectivity index (χ4v) is 2.74. The Balaban J connectivity index is 2.88. The SMILES string of the molecule is CN=C(C(Br)=CN)c1cc(Cl)c2ccccc2c1C#N. The van der Waals surface area contributed by atoms with Crippen molar-refractivity contribution in [2.45, 2.75) is 0 Å². The van der Waals surface area contributed by atoms with E-state index in [0.717, 1.165) is 10.8 Å². The Hall–Kier alpha value is -1.83. The molecule has 0 atom stereocenters. The van der Waals surface area contributed by atoms with Crippen LogP contribution >= 0.6 is 27.5 Å². The zero-order valence-electron chi connectivity index (χ0n) is 10.7. The van der Waals surface area contributed by atoms with Gasteiger partial charge in [-0.3, -0.25) is 4.99 Å². The molecule has 0 radical (unpaired) electrons. The molecule has 0 amide bonds. The number of halogens is 2. The molecule has 0 heterocycles. The summed E-state index contributed by atoms with van der Waals surface area (Å²) in [5.74, 6) is 0. The first-order valence-corrected chi connectivity index (χ1v) is 6.97. The molecule has 0 bridgehead atoms. The van der Waals surface area contributed by atoms with Crippen molar-refractivity contribution in [1.29, 1.82) is 5.26 Å². The van der Waals surface area contributed by atoms with E-state index in [-0.39, 0.29) is 0 Å². The number of aliphatic imine (C=N–C) groups is 1. The van der Waals surface area contributed by atoms with Crippen LogP contribution in [0.5, 0.6) is 0 Å². The summed E-state index contributed by atoms with van der Waals surface area (Å²) < 4.78 is 0.614. The third-order valence-electron chi connectivity index (χ3n) is 2.96. The molecule has 2 aromatic carbocycles. The molecular formula is C15H11BrClN3. The van der Waals surface area contributed by atoms with E-state index in [1.807, 2.05) is 24.3 Å². The van der Waals surface area contributed by atoms with Crippen LogP contribution in [0.1, 0.15) is 11.1 Å². The maximum absolute atomic E-state index is 9.49. The summed E-state index contributed by atoms with van der Waals surface area (Å²) in [7, 11) is 1.64. The Morgan fingerprint density at radius 2 is 2.05 bits per heavy atom. The number of rotatable bonds is 2.